The maximum absolute atomic E-state index is 4.29. The van der Waals surface area contributed by atoms with Gasteiger partial charge < -0.3 is 0 Å². The maximum Gasteiger partial charge on any atom is 0.0444 e. The summed E-state index contributed by atoms with van der Waals surface area (Å²) >= 11 is 1.66. The molecule has 0 amide bonds. The molecule has 1 heterocycles. The highest BCUT2D eigenvalue weighted by Gasteiger charge is 2.25. The Labute approximate surface area is 97.1 Å². The summed E-state index contributed by atoms with van der Waals surface area (Å²) in [7, 11) is 0. The Kier molecular flexibility index (Phi) is 3.45. The van der Waals surface area contributed by atoms with Crippen LogP contribution in [0, 0.1) is 18.8 Å². The molecule has 1 saturated carbocycles. The van der Waals surface area contributed by atoms with Crippen molar-refractivity contribution in [2.75, 3.05) is 0 Å². The minimum Gasteiger partial charge on any atom is -0.201 e. The van der Waals surface area contributed by atoms with Gasteiger partial charge in [0.1, 0.15) is 0 Å². The second-order valence-corrected chi connectivity index (χ2v) is 6.20. The highest BCUT2D eigenvalue weighted by atomic mass is 32.1. The van der Waals surface area contributed by atoms with Gasteiger partial charge in [0.15, 0.2) is 0 Å². The Morgan fingerprint density at radius 3 is 2.40 bits per heavy atom. The summed E-state index contributed by atoms with van der Waals surface area (Å²) in [5.74, 6) is 2.64. The third-order valence-electron chi connectivity index (χ3n) is 3.94. The molecule has 0 bridgehead atoms. The summed E-state index contributed by atoms with van der Waals surface area (Å²) in [5.41, 5.74) is 1.53. The predicted octanol–water partition coefficient (Wildman–Crippen LogP) is 4.38. The molecular formula is C13H21NS. The Bertz CT molecular complexity index is 308. The van der Waals surface area contributed by atoms with Crippen molar-refractivity contribution in [2.45, 2.75) is 52.4 Å². The Balaban J connectivity index is 1.97. The van der Waals surface area contributed by atoms with Crippen LogP contribution in [0.2, 0.25) is 0 Å². The number of aryl methyl sites for hydroxylation is 1. The smallest absolute Gasteiger partial charge is 0.0444 e. The van der Waals surface area contributed by atoms with Crippen molar-refractivity contribution in [3.63, 3.8) is 0 Å². The van der Waals surface area contributed by atoms with Crippen LogP contribution in [0.3, 0.4) is 0 Å². The van der Waals surface area contributed by atoms with E-state index in [1.54, 1.807) is 11.5 Å². The number of nitrogens with zero attached hydrogens (tertiary/aromatic N) is 1. The minimum atomic E-state index is 0.804. The molecule has 0 spiro atoms. The molecule has 1 nitrogen and oxygen atoms in total. The Morgan fingerprint density at radius 2 is 1.93 bits per heavy atom. The van der Waals surface area contributed by atoms with Crippen LogP contribution in [-0.2, 0) is 0 Å². The second kappa shape index (κ2) is 4.65. The van der Waals surface area contributed by atoms with E-state index < -0.39 is 0 Å². The molecule has 1 fully saturated rings. The number of hydrogen-bond donors (Lipinski definition) is 0. The molecule has 0 saturated heterocycles. The van der Waals surface area contributed by atoms with E-state index in [1.807, 2.05) is 0 Å². The van der Waals surface area contributed by atoms with E-state index in [-0.39, 0.29) is 0 Å². The van der Waals surface area contributed by atoms with Crippen LogP contribution in [0.4, 0.5) is 0 Å². The van der Waals surface area contributed by atoms with Gasteiger partial charge in [-0.05, 0) is 67.5 Å². The van der Waals surface area contributed by atoms with Gasteiger partial charge in [-0.2, -0.15) is 0 Å². The largest absolute Gasteiger partial charge is 0.201 e. The number of aromatic nitrogens is 1. The molecular weight excluding hydrogens is 202 g/mol. The molecule has 0 radical (unpaired) electrons. The lowest BCUT2D eigenvalue weighted by molar-refractivity contribution is 0.258. The fraction of sp³-hybridized carbons (Fsp3) is 0.769. The van der Waals surface area contributed by atoms with Crippen LogP contribution in [0.1, 0.15) is 55.9 Å². The van der Waals surface area contributed by atoms with Crippen molar-refractivity contribution >= 4 is 11.5 Å². The summed E-state index contributed by atoms with van der Waals surface area (Å²) in [6.45, 7) is 6.94. The summed E-state index contributed by atoms with van der Waals surface area (Å²) in [5, 5.41) is 0. The van der Waals surface area contributed by atoms with E-state index in [9.17, 15) is 0 Å². The van der Waals surface area contributed by atoms with E-state index >= 15 is 0 Å². The molecule has 15 heavy (non-hydrogen) atoms. The van der Waals surface area contributed by atoms with Gasteiger partial charge in [0, 0.05) is 11.1 Å². The molecule has 0 aliphatic heterocycles. The van der Waals surface area contributed by atoms with Gasteiger partial charge in [0.05, 0.1) is 0 Å². The molecule has 2 rings (SSSR count). The van der Waals surface area contributed by atoms with E-state index in [2.05, 4.69) is 31.3 Å². The molecule has 1 aromatic heterocycles. The monoisotopic (exact) mass is 223 g/mol. The lowest BCUT2D eigenvalue weighted by Crippen LogP contribution is -2.17. The average molecular weight is 223 g/mol. The minimum absolute atomic E-state index is 0.804. The Hall–Kier alpha value is -0.370. The summed E-state index contributed by atoms with van der Waals surface area (Å²) in [4.78, 5) is 1.43. The van der Waals surface area contributed by atoms with Crippen molar-refractivity contribution in [3.05, 3.63) is 16.6 Å². The lowest BCUT2D eigenvalue weighted by atomic mass is 9.75. The zero-order valence-electron chi connectivity index (χ0n) is 9.99. The normalized spacial score (nSPS) is 27.2. The molecule has 0 unspecified atom stereocenters. The zero-order chi connectivity index (χ0) is 10.8. The molecule has 1 aliphatic carbocycles. The summed E-state index contributed by atoms with van der Waals surface area (Å²) in [6, 6.07) is 0. The van der Waals surface area contributed by atoms with Crippen LogP contribution in [0.25, 0.3) is 0 Å². The van der Waals surface area contributed by atoms with Crippen molar-refractivity contribution in [1.29, 1.82) is 0 Å². The van der Waals surface area contributed by atoms with Crippen LogP contribution in [0.15, 0.2) is 6.20 Å². The fourth-order valence-electron chi connectivity index (χ4n) is 2.80. The SMILES string of the molecule is Cc1sncc1C1CCC(C(C)C)CC1. The van der Waals surface area contributed by atoms with Crippen molar-refractivity contribution < 1.29 is 0 Å². The topological polar surface area (TPSA) is 12.9 Å². The maximum atomic E-state index is 4.29. The van der Waals surface area contributed by atoms with Crippen molar-refractivity contribution in [3.8, 4) is 0 Å². The van der Waals surface area contributed by atoms with Crippen molar-refractivity contribution in [2.24, 2.45) is 11.8 Å². The summed E-state index contributed by atoms with van der Waals surface area (Å²) < 4.78 is 4.29. The van der Waals surface area contributed by atoms with Crippen LogP contribution in [0.5, 0.6) is 0 Å². The van der Waals surface area contributed by atoms with Crippen LogP contribution in [-0.4, -0.2) is 4.37 Å². The highest BCUT2D eigenvalue weighted by molar-refractivity contribution is 7.05. The van der Waals surface area contributed by atoms with Gasteiger partial charge >= 0.3 is 0 Å². The molecule has 1 aromatic rings. The standard InChI is InChI=1S/C13H21NS/c1-9(2)11-4-6-12(7-5-11)13-8-14-15-10(13)3/h8-9,11-12H,4-7H2,1-3H3. The van der Waals surface area contributed by atoms with Gasteiger partial charge in [-0.25, -0.2) is 4.37 Å². The number of rotatable bonds is 2. The molecule has 2 heteroatoms. The first kappa shape index (κ1) is 11.1. The van der Waals surface area contributed by atoms with E-state index in [0.29, 0.717) is 0 Å². The highest BCUT2D eigenvalue weighted by Crippen LogP contribution is 2.39. The fourth-order valence-corrected chi connectivity index (χ4v) is 3.44. The zero-order valence-corrected chi connectivity index (χ0v) is 10.8. The first-order chi connectivity index (χ1) is 7.18. The predicted molar refractivity (Wildman–Crippen MR) is 66.4 cm³/mol. The van der Waals surface area contributed by atoms with Crippen LogP contribution < -0.4 is 0 Å². The first-order valence-electron chi connectivity index (χ1n) is 6.09. The molecule has 0 aromatic carbocycles. The molecule has 0 N–H and O–H groups in total. The van der Waals surface area contributed by atoms with Gasteiger partial charge in [-0.1, -0.05) is 13.8 Å². The van der Waals surface area contributed by atoms with Crippen LogP contribution >= 0.6 is 11.5 Å². The number of hydrogen-bond acceptors (Lipinski definition) is 2. The van der Waals surface area contributed by atoms with Gasteiger partial charge in [0.25, 0.3) is 0 Å². The summed E-state index contributed by atoms with van der Waals surface area (Å²) in [6.07, 6.45) is 7.68. The second-order valence-electron chi connectivity index (χ2n) is 5.19. The average Bonchev–Trinajstić information content (AvgIpc) is 2.65. The van der Waals surface area contributed by atoms with Crippen molar-refractivity contribution in [1.82, 2.24) is 4.37 Å². The molecule has 1 aliphatic rings. The lowest BCUT2D eigenvalue weighted by Gasteiger charge is -2.30. The first-order valence-corrected chi connectivity index (χ1v) is 6.87. The molecule has 84 valence electrons. The van der Waals surface area contributed by atoms with Gasteiger partial charge in [-0.3, -0.25) is 0 Å². The third-order valence-corrected chi connectivity index (χ3v) is 4.66. The van der Waals surface area contributed by atoms with E-state index in [0.717, 1.165) is 17.8 Å². The quantitative estimate of drug-likeness (QED) is 0.725. The van der Waals surface area contributed by atoms with Gasteiger partial charge in [-0.15, -0.1) is 0 Å². The third kappa shape index (κ3) is 2.41. The van der Waals surface area contributed by atoms with E-state index in [1.165, 1.54) is 36.1 Å². The van der Waals surface area contributed by atoms with E-state index in [4.69, 9.17) is 0 Å². The Morgan fingerprint density at radius 1 is 1.27 bits per heavy atom. The van der Waals surface area contributed by atoms with Gasteiger partial charge in [0.2, 0.25) is 0 Å². The molecule has 0 atom stereocenters.